The first-order valence-corrected chi connectivity index (χ1v) is 6.53. The van der Waals surface area contributed by atoms with Crippen LogP contribution in [0.2, 0.25) is 0 Å². The van der Waals surface area contributed by atoms with Crippen molar-refractivity contribution in [3.05, 3.63) is 70.1 Å². The number of hydrogen-bond acceptors (Lipinski definition) is 4. The summed E-state index contributed by atoms with van der Waals surface area (Å²) < 4.78 is 10.1. The second kappa shape index (κ2) is 7.12. The Labute approximate surface area is 128 Å². The zero-order chi connectivity index (χ0) is 15.9. The highest BCUT2D eigenvalue weighted by Crippen LogP contribution is 2.10. The molecule has 6 nitrogen and oxygen atoms in total. The number of hydrazine groups is 1. The van der Waals surface area contributed by atoms with Gasteiger partial charge in [0.25, 0.3) is 12.4 Å². The molecule has 0 N–H and O–H groups in total. The van der Waals surface area contributed by atoms with Crippen molar-refractivity contribution in [3.63, 3.8) is 0 Å². The molecule has 0 aliphatic rings. The van der Waals surface area contributed by atoms with Crippen molar-refractivity contribution < 1.29 is 19.2 Å². The lowest BCUT2D eigenvalue weighted by molar-refractivity contribution is -1.05. The van der Waals surface area contributed by atoms with Gasteiger partial charge in [-0.3, -0.25) is 0 Å². The van der Waals surface area contributed by atoms with E-state index < -0.39 is 0 Å². The van der Waals surface area contributed by atoms with Crippen LogP contribution in [0.5, 0.6) is 11.5 Å². The van der Waals surface area contributed by atoms with E-state index in [1.807, 2.05) is 0 Å². The molecule has 0 aliphatic heterocycles. The summed E-state index contributed by atoms with van der Waals surface area (Å²) in [6.45, 7) is 0. The third-order valence-electron chi connectivity index (χ3n) is 2.94. The zero-order valence-electron chi connectivity index (χ0n) is 12.3. The molecule has 2 rings (SSSR count). The van der Waals surface area contributed by atoms with Crippen LogP contribution in [0.1, 0.15) is 11.1 Å². The number of methoxy groups -OCH3 is 2. The van der Waals surface area contributed by atoms with Crippen molar-refractivity contribution in [2.24, 2.45) is 0 Å². The fraction of sp³-hybridized carbons (Fsp3) is 0.125. The van der Waals surface area contributed by atoms with Gasteiger partial charge < -0.3 is 19.9 Å². The van der Waals surface area contributed by atoms with Gasteiger partial charge >= 0.3 is 0 Å². The Morgan fingerprint density at radius 2 is 1.00 bits per heavy atom. The summed E-state index contributed by atoms with van der Waals surface area (Å²) in [5.41, 5.74) is 1.19. The Hall–Kier alpha value is -3.02. The Morgan fingerprint density at radius 1 is 0.682 bits per heavy atom. The number of rotatable bonds is 5. The molecule has 0 bridgehead atoms. The van der Waals surface area contributed by atoms with E-state index in [9.17, 15) is 10.4 Å². The van der Waals surface area contributed by atoms with Crippen molar-refractivity contribution in [1.29, 1.82) is 0 Å². The minimum atomic E-state index is 0.214. The first-order chi connectivity index (χ1) is 10.6. The lowest BCUT2D eigenvalue weighted by Crippen LogP contribution is -2.18. The first-order valence-electron chi connectivity index (χ1n) is 6.53. The Morgan fingerprint density at radius 3 is 1.27 bits per heavy atom. The highest BCUT2D eigenvalue weighted by molar-refractivity contribution is 5.77. The van der Waals surface area contributed by atoms with Crippen LogP contribution in [0, 0.1) is 10.4 Å². The molecule has 0 saturated heterocycles. The largest absolute Gasteiger partial charge is 0.561 e. The summed E-state index contributed by atoms with van der Waals surface area (Å²) in [6.07, 6.45) is 2.37. The standard InChI is InChI=1S/C16H16N2O4/c1-21-15-7-3-13(4-8-15)11-17(19)18(20)12-14-5-9-16(22-2)10-6-14/h3-12H,1-2H3/b17-11-,18-12-. The average Bonchev–Trinajstić information content (AvgIpc) is 2.56. The molecule has 0 aliphatic carbocycles. The van der Waals surface area contributed by atoms with Crippen molar-refractivity contribution in [2.45, 2.75) is 0 Å². The third kappa shape index (κ3) is 3.99. The molecule has 0 fully saturated rings. The van der Waals surface area contributed by atoms with Crippen molar-refractivity contribution >= 4 is 12.4 Å². The van der Waals surface area contributed by atoms with Gasteiger partial charge in [0, 0.05) is 11.1 Å². The average molecular weight is 300 g/mol. The highest BCUT2D eigenvalue weighted by atomic mass is 16.7. The van der Waals surface area contributed by atoms with Crippen molar-refractivity contribution in [2.75, 3.05) is 14.2 Å². The van der Waals surface area contributed by atoms with E-state index in [0.717, 1.165) is 0 Å². The predicted molar refractivity (Wildman–Crippen MR) is 83.6 cm³/mol. The van der Waals surface area contributed by atoms with E-state index in [0.29, 0.717) is 22.6 Å². The molecule has 22 heavy (non-hydrogen) atoms. The summed E-state index contributed by atoms with van der Waals surface area (Å²) in [5, 5.41) is 23.6. The minimum Gasteiger partial charge on any atom is -0.561 e. The molecule has 0 heterocycles. The van der Waals surface area contributed by atoms with Gasteiger partial charge in [-0.2, -0.15) is 0 Å². The van der Waals surface area contributed by atoms with Gasteiger partial charge in [-0.25, -0.2) is 0 Å². The molecule has 0 radical (unpaired) electrons. The van der Waals surface area contributed by atoms with Crippen LogP contribution in [0.25, 0.3) is 0 Å². The summed E-state index contributed by atoms with van der Waals surface area (Å²) in [5.74, 6) is 1.36. The van der Waals surface area contributed by atoms with Gasteiger partial charge in [0.05, 0.1) is 23.9 Å². The van der Waals surface area contributed by atoms with Crippen LogP contribution >= 0.6 is 0 Å². The van der Waals surface area contributed by atoms with Crippen LogP contribution in [-0.2, 0) is 0 Å². The number of hydrazone groups is 2. The first kappa shape index (κ1) is 15.4. The molecule has 2 aromatic carbocycles. The molecule has 0 spiro atoms. The molecule has 0 aromatic heterocycles. The molecule has 2 aromatic rings. The summed E-state index contributed by atoms with van der Waals surface area (Å²) in [7, 11) is 3.11. The van der Waals surface area contributed by atoms with Gasteiger partial charge in [0.1, 0.15) is 11.5 Å². The van der Waals surface area contributed by atoms with Crippen LogP contribution in [0.3, 0.4) is 0 Å². The molecular formula is C16H16N2O4. The van der Waals surface area contributed by atoms with Crippen LogP contribution in [-0.4, -0.2) is 36.3 Å². The summed E-state index contributed by atoms with van der Waals surface area (Å²) in [6, 6.07) is 13.6. The summed E-state index contributed by atoms with van der Waals surface area (Å²) >= 11 is 0. The van der Waals surface area contributed by atoms with E-state index in [1.54, 1.807) is 62.8 Å². The monoisotopic (exact) mass is 300 g/mol. The van der Waals surface area contributed by atoms with E-state index in [1.165, 1.54) is 12.4 Å². The number of nitrogens with zero attached hydrogens (tertiary/aromatic N) is 2. The second-order valence-corrected chi connectivity index (χ2v) is 4.41. The van der Waals surface area contributed by atoms with Crippen molar-refractivity contribution in [3.8, 4) is 11.5 Å². The number of benzene rings is 2. The normalized spacial score (nSPS) is 12.1. The quantitative estimate of drug-likeness (QED) is 0.367. The van der Waals surface area contributed by atoms with Gasteiger partial charge in [-0.05, 0) is 48.5 Å². The van der Waals surface area contributed by atoms with Crippen LogP contribution in [0.4, 0.5) is 0 Å². The molecule has 0 amide bonds. The van der Waals surface area contributed by atoms with E-state index in [-0.39, 0.29) is 9.70 Å². The molecule has 0 unspecified atom stereocenters. The van der Waals surface area contributed by atoms with Gasteiger partial charge in [-0.15, -0.1) is 0 Å². The fourth-order valence-electron chi connectivity index (χ4n) is 1.75. The lowest BCUT2D eigenvalue weighted by Gasteiger charge is -2.02. The van der Waals surface area contributed by atoms with E-state index >= 15 is 0 Å². The predicted octanol–water partition coefficient (Wildman–Crippen LogP) is 2.18. The molecular weight excluding hydrogens is 284 g/mol. The maximum absolute atomic E-state index is 11.8. The van der Waals surface area contributed by atoms with E-state index in [2.05, 4.69) is 0 Å². The summed E-state index contributed by atoms with van der Waals surface area (Å²) in [4.78, 5) is 0.429. The van der Waals surface area contributed by atoms with Gasteiger partial charge in [0.15, 0.2) is 0 Å². The Balaban J connectivity index is 2.16. The lowest BCUT2D eigenvalue weighted by atomic mass is 10.2. The SMILES string of the molecule is COc1ccc(/C=[N+]([O-])/[N+]([O-])=C/c2ccc(OC)cc2)cc1. The van der Waals surface area contributed by atoms with Crippen LogP contribution < -0.4 is 9.47 Å². The Kier molecular flexibility index (Phi) is 4.98. The third-order valence-corrected chi connectivity index (χ3v) is 2.94. The molecule has 6 heteroatoms. The van der Waals surface area contributed by atoms with E-state index in [4.69, 9.17) is 9.47 Å². The maximum atomic E-state index is 11.8. The Bertz CT molecular complexity index is 615. The highest BCUT2D eigenvalue weighted by Gasteiger charge is 2.05. The number of ether oxygens (including phenoxy) is 2. The smallest absolute Gasteiger partial charge is 0.260 e. The minimum absolute atomic E-state index is 0.214. The number of hydrogen-bond donors (Lipinski definition) is 0. The van der Waals surface area contributed by atoms with Crippen LogP contribution in [0.15, 0.2) is 48.5 Å². The molecule has 114 valence electrons. The van der Waals surface area contributed by atoms with Gasteiger partial charge in [-0.1, -0.05) is 0 Å². The van der Waals surface area contributed by atoms with Gasteiger partial charge in [0.2, 0.25) is 0 Å². The second-order valence-electron chi connectivity index (χ2n) is 4.41. The topological polar surface area (TPSA) is 70.6 Å². The molecule has 0 atom stereocenters. The fourth-order valence-corrected chi connectivity index (χ4v) is 1.75. The molecule has 0 saturated carbocycles. The maximum Gasteiger partial charge on any atom is 0.260 e. The zero-order valence-corrected chi connectivity index (χ0v) is 12.3. The van der Waals surface area contributed by atoms with Crippen molar-refractivity contribution in [1.82, 2.24) is 0 Å².